The molecule has 2 amide bonds. The maximum atomic E-state index is 11.8. The van der Waals surface area contributed by atoms with Gasteiger partial charge in [-0.3, -0.25) is 9.59 Å². The maximum Gasteiger partial charge on any atom is 0.253 e. The second kappa shape index (κ2) is 7.59. The molecule has 0 heterocycles. The minimum atomic E-state index is -0.00771. The highest BCUT2D eigenvalue weighted by Crippen LogP contribution is 2.12. The summed E-state index contributed by atoms with van der Waals surface area (Å²) in [5.41, 5.74) is 3.37. The average Bonchev–Trinajstić information content (AvgIpc) is 2.59. The Bertz CT molecular complexity index is 677. The molecule has 0 aliphatic carbocycles. The van der Waals surface area contributed by atoms with E-state index in [1.54, 1.807) is 38.0 Å². The van der Waals surface area contributed by atoms with E-state index < -0.39 is 0 Å². The van der Waals surface area contributed by atoms with Gasteiger partial charge in [-0.1, -0.05) is 36.4 Å². The molecule has 0 unspecified atom stereocenters. The Morgan fingerprint density at radius 2 is 0.917 bits per heavy atom. The molecule has 0 bridgehead atoms. The van der Waals surface area contributed by atoms with Crippen molar-refractivity contribution in [2.24, 2.45) is 0 Å². The summed E-state index contributed by atoms with van der Waals surface area (Å²) in [5.74, 6) is -0.0154. The minimum absolute atomic E-state index is 0.00771. The number of rotatable bonds is 4. The van der Waals surface area contributed by atoms with Crippen LogP contribution in [0.1, 0.15) is 31.8 Å². The number of carbonyl (C=O) groups excluding carboxylic acids is 2. The molecule has 0 spiro atoms. The maximum absolute atomic E-state index is 11.8. The first kappa shape index (κ1) is 17.5. The second-order valence-corrected chi connectivity index (χ2v) is 5.98. The summed E-state index contributed by atoms with van der Waals surface area (Å²) in [5, 5.41) is 0. The molecule has 0 aromatic heterocycles. The fraction of sp³-hybridized carbons (Fsp3) is 0.200. The van der Waals surface area contributed by atoms with Gasteiger partial charge in [0.1, 0.15) is 0 Å². The molecule has 24 heavy (non-hydrogen) atoms. The van der Waals surface area contributed by atoms with Gasteiger partial charge in [-0.15, -0.1) is 0 Å². The molecule has 2 aromatic carbocycles. The highest BCUT2D eigenvalue weighted by molar-refractivity contribution is 5.94. The lowest BCUT2D eigenvalue weighted by Gasteiger charge is -2.10. The van der Waals surface area contributed by atoms with Crippen LogP contribution in [0.3, 0.4) is 0 Å². The number of nitrogens with zero attached hydrogens (tertiary/aromatic N) is 2. The van der Waals surface area contributed by atoms with E-state index in [-0.39, 0.29) is 11.8 Å². The number of benzene rings is 2. The van der Waals surface area contributed by atoms with Crippen LogP contribution in [0.5, 0.6) is 0 Å². The Labute approximate surface area is 143 Å². The van der Waals surface area contributed by atoms with Crippen molar-refractivity contribution in [3.63, 3.8) is 0 Å². The third-order valence-corrected chi connectivity index (χ3v) is 3.60. The molecular weight excluding hydrogens is 300 g/mol. The molecule has 0 saturated carbocycles. The highest BCUT2D eigenvalue weighted by Gasteiger charge is 2.07. The zero-order valence-electron chi connectivity index (χ0n) is 14.5. The van der Waals surface area contributed by atoms with E-state index in [2.05, 4.69) is 0 Å². The van der Waals surface area contributed by atoms with E-state index in [0.717, 1.165) is 11.1 Å². The van der Waals surface area contributed by atoms with E-state index in [4.69, 9.17) is 0 Å². The summed E-state index contributed by atoms with van der Waals surface area (Å²) < 4.78 is 0. The van der Waals surface area contributed by atoms with Crippen molar-refractivity contribution in [3.8, 4) is 0 Å². The Morgan fingerprint density at radius 1 is 0.625 bits per heavy atom. The average molecular weight is 322 g/mol. The van der Waals surface area contributed by atoms with Crippen molar-refractivity contribution < 1.29 is 9.59 Å². The SMILES string of the molecule is CN(C)C(=O)c1ccc(C=Cc2ccc(C(=O)N(C)C)cc2)cc1. The summed E-state index contributed by atoms with van der Waals surface area (Å²) in [7, 11) is 6.95. The smallest absolute Gasteiger partial charge is 0.253 e. The summed E-state index contributed by atoms with van der Waals surface area (Å²) >= 11 is 0. The Balaban J connectivity index is 2.08. The number of hydrogen-bond donors (Lipinski definition) is 0. The monoisotopic (exact) mass is 322 g/mol. The first-order chi connectivity index (χ1) is 11.4. The van der Waals surface area contributed by atoms with Crippen molar-refractivity contribution in [3.05, 3.63) is 70.8 Å². The predicted molar refractivity (Wildman–Crippen MR) is 97.8 cm³/mol. The lowest BCUT2D eigenvalue weighted by atomic mass is 10.1. The van der Waals surface area contributed by atoms with Crippen molar-refractivity contribution in [2.45, 2.75) is 0 Å². The third-order valence-electron chi connectivity index (χ3n) is 3.60. The molecule has 0 aliphatic heterocycles. The third kappa shape index (κ3) is 4.32. The van der Waals surface area contributed by atoms with Gasteiger partial charge in [-0.25, -0.2) is 0 Å². The van der Waals surface area contributed by atoms with Gasteiger partial charge in [0.25, 0.3) is 11.8 Å². The summed E-state index contributed by atoms with van der Waals surface area (Å²) in [4.78, 5) is 26.8. The van der Waals surface area contributed by atoms with Crippen LogP contribution in [0.2, 0.25) is 0 Å². The van der Waals surface area contributed by atoms with Gasteiger partial charge in [0, 0.05) is 39.3 Å². The summed E-state index contributed by atoms with van der Waals surface area (Å²) in [6, 6.07) is 14.9. The summed E-state index contributed by atoms with van der Waals surface area (Å²) in [6.07, 6.45) is 3.96. The normalized spacial score (nSPS) is 10.7. The molecule has 124 valence electrons. The highest BCUT2D eigenvalue weighted by atomic mass is 16.2. The molecule has 2 aromatic rings. The fourth-order valence-corrected chi connectivity index (χ4v) is 2.18. The van der Waals surface area contributed by atoms with E-state index >= 15 is 0 Å². The van der Waals surface area contributed by atoms with E-state index in [0.29, 0.717) is 11.1 Å². The van der Waals surface area contributed by atoms with Crippen LogP contribution in [-0.4, -0.2) is 49.8 Å². The van der Waals surface area contributed by atoms with Crippen molar-refractivity contribution >= 4 is 24.0 Å². The van der Waals surface area contributed by atoms with Crippen molar-refractivity contribution in [1.82, 2.24) is 9.80 Å². The van der Waals surface area contributed by atoms with Crippen molar-refractivity contribution in [1.29, 1.82) is 0 Å². The summed E-state index contributed by atoms with van der Waals surface area (Å²) in [6.45, 7) is 0. The number of hydrogen-bond acceptors (Lipinski definition) is 2. The van der Waals surface area contributed by atoms with Crippen molar-refractivity contribution in [2.75, 3.05) is 28.2 Å². The van der Waals surface area contributed by atoms with Gasteiger partial charge in [0.15, 0.2) is 0 Å². The minimum Gasteiger partial charge on any atom is -0.345 e. The molecule has 0 fully saturated rings. The fourth-order valence-electron chi connectivity index (χ4n) is 2.18. The van der Waals surface area contributed by atoms with Crippen LogP contribution in [-0.2, 0) is 0 Å². The van der Waals surface area contributed by atoms with Crippen LogP contribution in [0.25, 0.3) is 12.2 Å². The first-order valence-corrected chi connectivity index (χ1v) is 7.70. The number of carbonyl (C=O) groups is 2. The zero-order valence-corrected chi connectivity index (χ0v) is 14.5. The lowest BCUT2D eigenvalue weighted by Crippen LogP contribution is -2.21. The topological polar surface area (TPSA) is 40.6 Å². The number of amides is 2. The largest absolute Gasteiger partial charge is 0.345 e. The second-order valence-electron chi connectivity index (χ2n) is 5.98. The van der Waals surface area contributed by atoms with Crippen LogP contribution < -0.4 is 0 Å². The zero-order chi connectivity index (χ0) is 17.7. The molecular formula is C20H22N2O2. The van der Waals surface area contributed by atoms with Gasteiger partial charge in [0.2, 0.25) is 0 Å². The van der Waals surface area contributed by atoms with Gasteiger partial charge >= 0.3 is 0 Å². The van der Waals surface area contributed by atoms with Gasteiger partial charge in [-0.05, 0) is 35.4 Å². The molecule has 0 radical (unpaired) electrons. The van der Waals surface area contributed by atoms with Crippen LogP contribution in [0, 0.1) is 0 Å². The molecule has 0 aliphatic rings. The molecule has 2 rings (SSSR count). The molecule has 0 N–H and O–H groups in total. The van der Waals surface area contributed by atoms with Crippen LogP contribution in [0.15, 0.2) is 48.5 Å². The molecule has 4 heteroatoms. The van der Waals surface area contributed by atoms with Gasteiger partial charge in [-0.2, -0.15) is 0 Å². The molecule has 0 atom stereocenters. The van der Waals surface area contributed by atoms with E-state index in [1.807, 2.05) is 60.7 Å². The standard InChI is InChI=1S/C20H22N2O2/c1-21(2)19(23)17-11-7-15(8-12-17)5-6-16-9-13-18(14-10-16)20(24)22(3)4/h5-14H,1-4H3. The van der Waals surface area contributed by atoms with Gasteiger partial charge < -0.3 is 9.80 Å². The Morgan fingerprint density at radius 3 is 1.17 bits per heavy atom. The molecule has 0 saturated heterocycles. The Kier molecular flexibility index (Phi) is 5.53. The first-order valence-electron chi connectivity index (χ1n) is 7.70. The van der Waals surface area contributed by atoms with Crippen LogP contribution >= 0.6 is 0 Å². The molecule has 4 nitrogen and oxygen atoms in total. The van der Waals surface area contributed by atoms with E-state index in [9.17, 15) is 9.59 Å². The lowest BCUT2D eigenvalue weighted by molar-refractivity contribution is 0.0820. The van der Waals surface area contributed by atoms with E-state index in [1.165, 1.54) is 0 Å². The van der Waals surface area contributed by atoms with Crippen LogP contribution in [0.4, 0.5) is 0 Å². The quantitative estimate of drug-likeness (QED) is 0.811. The predicted octanol–water partition coefficient (Wildman–Crippen LogP) is 3.26. The van der Waals surface area contributed by atoms with Gasteiger partial charge in [0.05, 0.1) is 0 Å². The Hall–Kier alpha value is -2.88.